The zero-order valence-electron chi connectivity index (χ0n) is 8.37. The number of thiophene rings is 1. The van der Waals surface area contributed by atoms with Crippen LogP contribution in [-0.2, 0) is 0 Å². The van der Waals surface area contributed by atoms with Gasteiger partial charge >= 0.3 is 0 Å². The molecule has 0 saturated heterocycles. The van der Waals surface area contributed by atoms with Crippen LogP contribution in [0.2, 0.25) is 0 Å². The van der Waals surface area contributed by atoms with Gasteiger partial charge in [-0.15, -0.1) is 22.9 Å². The lowest BCUT2D eigenvalue weighted by molar-refractivity contribution is 0.475. The van der Waals surface area contributed by atoms with Gasteiger partial charge in [0.25, 0.3) is 0 Å². The van der Waals surface area contributed by atoms with Crippen LogP contribution >= 0.6 is 22.9 Å². The third kappa shape index (κ3) is 1.51. The average Bonchev–Trinajstić information content (AvgIpc) is 2.64. The molecule has 3 atom stereocenters. The van der Waals surface area contributed by atoms with Crippen LogP contribution in [0, 0.1) is 24.7 Å². The largest absolute Gasteiger partial charge is 0.144 e. The minimum atomic E-state index is 0.293. The Morgan fingerprint density at radius 1 is 1.29 bits per heavy atom. The Morgan fingerprint density at radius 3 is 2.57 bits per heavy atom. The summed E-state index contributed by atoms with van der Waals surface area (Å²) >= 11 is 8.39. The number of fused-ring (bicyclic) bond motifs is 1. The molecule has 2 fully saturated rings. The molecule has 0 radical (unpaired) electrons. The third-order valence-electron chi connectivity index (χ3n) is 3.73. The van der Waals surface area contributed by atoms with Crippen molar-refractivity contribution in [3.05, 3.63) is 21.9 Å². The summed E-state index contributed by atoms with van der Waals surface area (Å²) in [5, 5.41) is 0.293. The van der Waals surface area contributed by atoms with Crippen molar-refractivity contribution in [2.45, 2.75) is 31.6 Å². The summed E-state index contributed by atoms with van der Waals surface area (Å²) in [6, 6.07) is 4.40. The van der Waals surface area contributed by atoms with Crippen LogP contribution < -0.4 is 0 Å². The highest BCUT2D eigenvalue weighted by Crippen LogP contribution is 2.58. The van der Waals surface area contributed by atoms with Gasteiger partial charge in [-0.2, -0.15) is 0 Å². The lowest BCUT2D eigenvalue weighted by Crippen LogP contribution is -2.04. The van der Waals surface area contributed by atoms with Gasteiger partial charge in [-0.05, 0) is 56.1 Å². The van der Waals surface area contributed by atoms with E-state index in [0.717, 1.165) is 17.8 Å². The maximum Gasteiger partial charge on any atom is 0.0707 e. The first-order valence-corrected chi connectivity index (χ1v) is 6.69. The summed E-state index contributed by atoms with van der Waals surface area (Å²) in [6.07, 6.45) is 4.26. The van der Waals surface area contributed by atoms with Crippen LogP contribution in [0.1, 0.15) is 34.4 Å². The molecule has 2 heteroatoms. The van der Waals surface area contributed by atoms with E-state index in [1.165, 1.54) is 29.0 Å². The Balaban J connectivity index is 1.72. The summed E-state index contributed by atoms with van der Waals surface area (Å²) in [6.45, 7) is 2.16. The molecule has 2 aliphatic carbocycles. The number of rotatable bonds is 2. The number of hydrogen-bond donors (Lipinski definition) is 0. The summed E-state index contributed by atoms with van der Waals surface area (Å²) in [5.41, 5.74) is 0. The van der Waals surface area contributed by atoms with Gasteiger partial charge in [0.15, 0.2) is 0 Å². The van der Waals surface area contributed by atoms with Crippen molar-refractivity contribution >= 4 is 22.9 Å². The van der Waals surface area contributed by atoms with Crippen molar-refractivity contribution in [3.8, 4) is 0 Å². The molecule has 0 aromatic carbocycles. The molecule has 2 aliphatic rings. The molecule has 1 aromatic heterocycles. The van der Waals surface area contributed by atoms with E-state index in [1.807, 2.05) is 11.3 Å². The summed E-state index contributed by atoms with van der Waals surface area (Å²) < 4.78 is 0. The molecular weight excluding hydrogens is 212 g/mol. The molecule has 0 nitrogen and oxygen atoms in total. The van der Waals surface area contributed by atoms with Crippen molar-refractivity contribution in [2.24, 2.45) is 17.8 Å². The topological polar surface area (TPSA) is 0 Å². The highest BCUT2D eigenvalue weighted by Gasteiger charge is 2.47. The smallest absolute Gasteiger partial charge is 0.0707 e. The van der Waals surface area contributed by atoms with Gasteiger partial charge in [0.05, 0.1) is 5.38 Å². The Labute approximate surface area is 94.3 Å². The highest BCUT2D eigenvalue weighted by molar-refractivity contribution is 7.12. The van der Waals surface area contributed by atoms with Crippen LogP contribution in [0.4, 0.5) is 0 Å². The van der Waals surface area contributed by atoms with Crippen LogP contribution in [0.25, 0.3) is 0 Å². The molecule has 0 amide bonds. The van der Waals surface area contributed by atoms with Gasteiger partial charge in [-0.1, -0.05) is 0 Å². The summed E-state index contributed by atoms with van der Waals surface area (Å²) in [5.74, 6) is 2.85. The second-order valence-electron chi connectivity index (χ2n) is 4.84. The van der Waals surface area contributed by atoms with E-state index < -0.39 is 0 Å². The second-order valence-corrected chi connectivity index (χ2v) is 6.63. The maximum atomic E-state index is 6.52. The fraction of sp³-hybridized carbons (Fsp3) is 0.667. The Hall–Kier alpha value is -0.0100. The van der Waals surface area contributed by atoms with Gasteiger partial charge < -0.3 is 0 Å². The molecule has 1 heterocycles. The number of alkyl halides is 1. The van der Waals surface area contributed by atoms with Crippen LogP contribution in [0.3, 0.4) is 0 Å². The molecule has 3 unspecified atom stereocenters. The fourth-order valence-electron chi connectivity index (χ4n) is 2.83. The van der Waals surface area contributed by atoms with E-state index in [-0.39, 0.29) is 0 Å². The zero-order chi connectivity index (χ0) is 9.71. The number of aryl methyl sites for hydroxylation is 1. The molecule has 14 heavy (non-hydrogen) atoms. The van der Waals surface area contributed by atoms with Crippen LogP contribution in [-0.4, -0.2) is 0 Å². The molecular formula is C12H15ClS. The predicted octanol–water partition coefficient (Wildman–Crippen LogP) is 4.38. The molecule has 1 aromatic rings. The van der Waals surface area contributed by atoms with Gasteiger partial charge in [0.1, 0.15) is 0 Å². The quantitative estimate of drug-likeness (QED) is 0.657. The number of hydrogen-bond acceptors (Lipinski definition) is 1. The van der Waals surface area contributed by atoms with E-state index in [1.54, 1.807) is 0 Å². The number of halogens is 1. The van der Waals surface area contributed by atoms with Crippen molar-refractivity contribution in [1.82, 2.24) is 0 Å². The van der Waals surface area contributed by atoms with E-state index in [0.29, 0.717) is 5.38 Å². The van der Waals surface area contributed by atoms with E-state index >= 15 is 0 Å². The normalized spacial score (nSPS) is 36.9. The van der Waals surface area contributed by atoms with Crippen LogP contribution in [0.5, 0.6) is 0 Å². The molecule has 3 rings (SSSR count). The fourth-order valence-corrected chi connectivity index (χ4v) is 4.20. The van der Waals surface area contributed by atoms with Gasteiger partial charge in [-0.25, -0.2) is 0 Å². The first-order valence-electron chi connectivity index (χ1n) is 5.44. The molecule has 0 aliphatic heterocycles. The molecule has 2 saturated carbocycles. The van der Waals surface area contributed by atoms with E-state index in [4.69, 9.17) is 11.6 Å². The SMILES string of the molecule is Cc1ccc(C(Cl)C2CC3CC3C2)s1. The van der Waals surface area contributed by atoms with E-state index in [2.05, 4.69) is 19.1 Å². The first-order chi connectivity index (χ1) is 6.74. The van der Waals surface area contributed by atoms with Crippen molar-refractivity contribution in [1.29, 1.82) is 0 Å². The molecule has 0 spiro atoms. The average molecular weight is 227 g/mol. The summed E-state index contributed by atoms with van der Waals surface area (Å²) in [4.78, 5) is 2.77. The minimum absolute atomic E-state index is 0.293. The van der Waals surface area contributed by atoms with Gasteiger partial charge in [0, 0.05) is 9.75 Å². The predicted molar refractivity (Wildman–Crippen MR) is 62.0 cm³/mol. The molecule has 76 valence electrons. The van der Waals surface area contributed by atoms with Crippen molar-refractivity contribution in [2.75, 3.05) is 0 Å². The third-order valence-corrected chi connectivity index (χ3v) is 5.53. The Bertz CT molecular complexity index is 334. The lowest BCUT2D eigenvalue weighted by atomic mass is 9.98. The van der Waals surface area contributed by atoms with Crippen molar-refractivity contribution in [3.63, 3.8) is 0 Å². The maximum absolute atomic E-state index is 6.52. The molecule has 0 N–H and O–H groups in total. The zero-order valence-corrected chi connectivity index (χ0v) is 9.94. The summed E-state index contributed by atoms with van der Waals surface area (Å²) in [7, 11) is 0. The monoisotopic (exact) mass is 226 g/mol. The van der Waals surface area contributed by atoms with Gasteiger partial charge in [0.2, 0.25) is 0 Å². The Morgan fingerprint density at radius 2 is 2.00 bits per heavy atom. The Kier molecular flexibility index (Phi) is 2.14. The molecule has 0 bridgehead atoms. The minimum Gasteiger partial charge on any atom is -0.144 e. The standard InChI is InChI=1S/C12H15ClS/c1-7-2-3-11(14-7)12(13)10-5-8-4-9(8)6-10/h2-3,8-10,12H,4-6H2,1H3. The van der Waals surface area contributed by atoms with Gasteiger partial charge in [-0.3, -0.25) is 0 Å². The van der Waals surface area contributed by atoms with E-state index in [9.17, 15) is 0 Å². The second kappa shape index (κ2) is 3.24. The van der Waals surface area contributed by atoms with Crippen molar-refractivity contribution < 1.29 is 0 Å². The van der Waals surface area contributed by atoms with Crippen LogP contribution in [0.15, 0.2) is 12.1 Å². The highest BCUT2D eigenvalue weighted by atomic mass is 35.5. The first kappa shape index (κ1) is 9.23. The lowest BCUT2D eigenvalue weighted by Gasteiger charge is -2.16.